The molecule has 3 heterocycles. The first kappa shape index (κ1) is 23.5. The number of pyridine rings is 1. The SMILES string of the molecule is COc1ccc(CNC(=O)C2CCCN(c3nc4cccnc4n(Cc4ccccc4)c3=O)C2)cc1. The number of hydrogen-bond acceptors (Lipinski definition) is 6. The number of benzene rings is 2. The number of piperidine rings is 1. The summed E-state index contributed by atoms with van der Waals surface area (Å²) in [7, 11) is 1.63. The predicted octanol–water partition coefficient (Wildman–Crippen LogP) is 3.38. The molecule has 1 fully saturated rings. The first-order valence-corrected chi connectivity index (χ1v) is 12.2. The smallest absolute Gasteiger partial charge is 0.295 e. The second-order valence-corrected chi connectivity index (χ2v) is 9.01. The van der Waals surface area contributed by atoms with Gasteiger partial charge in [0.2, 0.25) is 5.91 Å². The summed E-state index contributed by atoms with van der Waals surface area (Å²) in [6, 6.07) is 21.2. The summed E-state index contributed by atoms with van der Waals surface area (Å²) >= 11 is 0. The third kappa shape index (κ3) is 5.07. The van der Waals surface area contributed by atoms with Crippen molar-refractivity contribution in [3.05, 3.63) is 94.4 Å². The molecular weight excluding hydrogens is 454 g/mol. The lowest BCUT2D eigenvalue weighted by atomic mass is 9.97. The highest BCUT2D eigenvalue weighted by Gasteiger charge is 2.28. The van der Waals surface area contributed by atoms with Gasteiger partial charge in [-0.2, -0.15) is 0 Å². The van der Waals surface area contributed by atoms with Gasteiger partial charge in [-0.05, 0) is 48.2 Å². The second kappa shape index (κ2) is 10.6. The van der Waals surface area contributed by atoms with Crippen molar-refractivity contribution in [3.63, 3.8) is 0 Å². The minimum absolute atomic E-state index is 0.0115. The maximum atomic E-state index is 13.6. The number of amides is 1. The Bertz CT molecular complexity index is 1400. The van der Waals surface area contributed by atoms with Crippen LogP contribution >= 0.6 is 0 Å². The van der Waals surface area contributed by atoms with Crippen molar-refractivity contribution in [2.24, 2.45) is 5.92 Å². The van der Waals surface area contributed by atoms with Gasteiger partial charge in [-0.1, -0.05) is 42.5 Å². The third-order valence-electron chi connectivity index (χ3n) is 6.59. The second-order valence-electron chi connectivity index (χ2n) is 9.01. The van der Waals surface area contributed by atoms with Gasteiger partial charge in [0, 0.05) is 25.8 Å². The number of carbonyl (C=O) groups is 1. The molecule has 1 aliphatic rings. The van der Waals surface area contributed by atoms with Crippen molar-refractivity contribution in [1.82, 2.24) is 19.9 Å². The highest BCUT2D eigenvalue weighted by molar-refractivity contribution is 5.79. The van der Waals surface area contributed by atoms with E-state index in [9.17, 15) is 9.59 Å². The average Bonchev–Trinajstić information content (AvgIpc) is 2.94. The molecule has 2 aromatic heterocycles. The van der Waals surface area contributed by atoms with Crippen LogP contribution in [0.4, 0.5) is 5.82 Å². The fourth-order valence-electron chi connectivity index (χ4n) is 4.64. The molecule has 1 saturated heterocycles. The molecule has 0 radical (unpaired) electrons. The van der Waals surface area contributed by atoms with Crippen molar-refractivity contribution in [3.8, 4) is 5.75 Å². The number of rotatable bonds is 7. The fourth-order valence-corrected chi connectivity index (χ4v) is 4.64. The number of nitrogens with zero attached hydrogens (tertiary/aromatic N) is 4. The number of ether oxygens (including phenoxy) is 1. The van der Waals surface area contributed by atoms with E-state index in [2.05, 4.69) is 10.3 Å². The van der Waals surface area contributed by atoms with Crippen LogP contribution in [0.3, 0.4) is 0 Å². The number of aromatic nitrogens is 3. The van der Waals surface area contributed by atoms with Crippen molar-refractivity contribution < 1.29 is 9.53 Å². The molecule has 0 spiro atoms. The zero-order chi connectivity index (χ0) is 24.9. The third-order valence-corrected chi connectivity index (χ3v) is 6.59. The number of hydrogen-bond donors (Lipinski definition) is 1. The van der Waals surface area contributed by atoms with Gasteiger partial charge in [0.25, 0.3) is 5.56 Å². The number of anilines is 1. The summed E-state index contributed by atoms with van der Waals surface area (Å²) in [5.41, 5.74) is 3.04. The number of carbonyl (C=O) groups excluding carboxylic acids is 1. The molecule has 4 aromatic rings. The van der Waals surface area contributed by atoms with Gasteiger partial charge in [-0.15, -0.1) is 0 Å². The van der Waals surface area contributed by atoms with Gasteiger partial charge in [-0.3, -0.25) is 14.2 Å². The zero-order valence-corrected chi connectivity index (χ0v) is 20.3. The van der Waals surface area contributed by atoms with E-state index in [0.717, 1.165) is 29.7 Å². The maximum Gasteiger partial charge on any atom is 0.295 e. The van der Waals surface area contributed by atoms with E-state index in [4.69, 9.17) is 9.72 Å². The summed E-state index contributed by atoms with van der Waals surface area (Å²) < 4.78 is 6.87. The molecule has 2 aromatic carbocycles. The molecule has 1 aliphatic heterocycles. The molecule has 8 nitrogen and oxygen atoms in total. The van der Waals surface area contributed by atoms with Crippen LogP contribution in [0, 0.1) is 5.92 Å². The van der Waals surface area contributed by atoms with E-state index in [1.165, 1.54) is 0 Å². The van der Waals surface area contributed by atoms with Crippen molar-refractivity contribution >= 4 is 22.9 Å². The molecule has 0 bridgehead atoms. The van der Waals surface area contributed by atoms with Gasteiger partial charge >= 0.3 is 0 Å². The first-order chi connectivity index (χ1) is 17.6. The highest BCUT2D eigenvalue weighted by Crippen LogP contribution is 2.22. The monoisotopic (exact) mass is 483 g/mol. The highest BCUT2D eigenvalue weighted by atomic mass is 16.5. The molecule has 36 heavy (non-hydrogen) atoms. The molecule has 8 heteroatoms. The molecule has 0 saturated carbocycles. The van der Waals surface area contributed by atoms with Crippen molar-refractivity contribution in [2.45, 2.75) is 25.9 Å². The van der Waals surface area contributed by atoms with Gasteiger partial charge < -0.3 is 15.0 Å². The van der Waals surface area contributed by atoms with Crippen molar-refractivity contribution in [1.29, 1.82) is 0 Å². The predicted molar refractivity (Wildman–Crippen MR) is 139 cm³/mol. The van der Waals surface area contributed by atoms with Crippen molar-refractivity contribution in [2.75, 3.05) is 25.1 Å². The molecule has 0 aliphatic carbocycles. The Balaban J connectivity index is 1.36. The van der Waals surface area contributed by atoms with Crippen LogP contribution in [-0.2, 0) is 17.9 Å². The average molecular weight is 484 g/mol. The standard InChI is InChI=1S/C28H29N5O3/c1-36-23-13-11-20(12-14-23)17-30-27(34)22-9-6-16-32(19-22)26-28(35)33(18-21-7-3-2-4-8-21)25-24(31-26)10-5-15-29-25/h2-5,7-8,10-15,22H,6,9,16-19H2,1H3,(H,30,34). The Labute approximate surface area is 209 Å². The van der Waals surface area contributed by atoms with E-state index in [1.807, 2.05) is 71.6 Å². The molecular formula is C28H29N5O3. The maximum absolute atomic E-state index is 13.6. The lowest BCUT2D eigenvalue weighted by Crippen LogP contribution is -2.45. The zero-order valence-electron chi connectivity index (χ0n) is 20.3. The van der Waals surface area contributed by atoms with E-state index in [1.54, 1.807) is 17.9 Å². The van der Waals surface area contributed by atoms with E-state index in [0.29, 0.717) is 43.2 Å². The molecule has 1 unspecified atom stereocenters. The van der Waals surface area contributed by atoms with Crippen LogP contribution in [0.25, 0.3) is 11.2 Å². The minimum atomic E-state index is -0.217. The largest absolute Gasteiger partial charge is 0.497 e. The summed E-state index contributed by atoms with van der Waals surface area (Å²) in [6.45, 7) is 1.99. The van der Waals surface area contributed by atoms with Gasteiger partial charge in [0.05, 0.1) is 19.6 Å². The Morgan fingerprint density at radius 1 is 1.06 bits per heavy atom. The Hall–Kier alpha value is -4.20. The first-order valence-electron chi connectivity index (χ1n) is 12.2. The van der Waals surface area contributed by atoms with Crippen LogP contribution in [0.5, 0.6) is 5.75 Å². The van der Waals surface area contributed by atoms with Crippen LogP contribution in [-0.4, -0.2) is 40.6 Å². The quantitative estimate of drug-likeness (QED) is 0.434. The van der Waals surface area contributed by atoms with Crippen LogP contribution in [0.1, 0.15) is 24.0 Å². The van der Waals surface area contributed by atoms with Crippen LogP contribution in [0.15, 0.2) is 77.7 Å². The minimum Gasteiger partial charge on any atom is -0.497 e. The lowest BCUT2D eigenvalue weighted by Gasteiger charge is -2.32. The summed E-state index contributed by atoms with van der Waals surface area (Å²) in [4.78, 5) is 37.7. The molecule has 184 valence electrons. The Morgan fingerprint density at radius 3 is 2.64 bits per heavy atom. The molecule has 1 N–H and O–H groups in total. The Kier molecular flexibility index (Phi) is 6.93. The summed E-state index contributed by atoms with van der Waals surface area (Å²) in [5.74, 6) is 0.927. The van der Waals surface area contributed by atoms with Gasteiger partial charge in [0.1, 0.15) is 11.3 Å². The fraction of sp³-hybridized carbons (Fsp3) is 0.286. The normalized spacial score (nSPS) is 15.6. The summed E-state index contributed by atoms with van der Waals surface area (Å²) in [6.07, 6.45) is 3.26. The summed E-state index contributed by atoms with van der Waals surface area (Å²) in [5, 5.41) is 3.05. The van der Waals surface area contributed by atoms with Gasteiger partial charge in [-0.25, -0.2) is 9.97 Å². The number of methoxy groups -OCH3 is 1. The van der Waals surface area contributed by atoms with Gasteiger partial charge in [0.15, 0.2) is 11.5 Å². The lowest BCUT2D eigenvalue weighted by molar-refractivity contribution is -0.125. The van der Waals surface area contributed by atoms with Crippen LogP contribution in [0.2, 0.25) is 0 Å². The molecule has 1 atom stereocenters. The van der Waals surface area contributed by atoms with Crippen LogP contribution < -0.4 is 20.5 Å². The molecule has 1 amide bonds. The topological polar surface area (TPSA) is 89.3 Å². The molecule has 5 rings (SSSR count). The number of fused-ring (bicyclic) bond motifs is 1. The number of nitrogens with one attached hydrogen (secondary N) is 1. The van der Waals surface area contributed by atoms with E-state index in [-0.39, 0.29) is 17.4 Å². The van der Waals surface area contributed by atoms with E-state index >= 15 is 0 Å². The van der Waals surface area contributed by atoms with E-state index < -0.39 is 0 Å². The Morgan fingerprint density at radius 2 is 1.86 bits per heavy atom.